The monoisotopic (exact) mass is 426 g/mol. The van der Waals surface area contributed by atoms with Crippen molar-refractivity contribution in [1.29, 1.82) is 0 Å². The molecule has 0 amide bonds. The molecule has 2 heterocycles. The van der Waals surface area contributed by atoms with Gasteiger partial charge in [-0.05, 0) is 29.7 Å². The second-order valence-corrected chi connectivity index (χ2v) is 8.01. The van der Waals surface area contributed by atoms with Gasteiger partial charge in [0.2, 0.25) is 0 Å². The fourth-order valence-electron chi connectivity index (χ4n) is 2.87. The Labute approximate surface area is 178 Å². The van der Waals surface area contributed by atoms with Crippen LogP contribution >= 0.6 is 11.8 Å². The summed E-state index contributed by atoms with van der Waals surface area (Å²) in [5.74, 6) is 0.354. The van der Waals surface area contributed by atoms with E-state index in [9.17, 15) is 14.9 Å². The first kappa shape index (κ1) is 21.5. The van der Waals surface area contributed by atoms with Gasteiger partial charge >= 0.3 is 5.97 Å². The third kappa shape index (κ3) is 5.24. The standard InChI is InChI=1S/C21H22N4O4S/c1-14(2)20-21(30-18-6-4-5-17(11-18)25(27)28)24(12-16-7-9-22-10-8-16)19(23-20)13-29-15(3)26/h4-11,14H,12-13H2,1-3H3. The third-order valence-electron chi connectivity index (χ3n) is 4.31. The van der Waals surface area contributed by atoms with Crippen molar-refractivity contribution in [3.05, 3.63) is 76.0 Å². The molecule has 0 spiro atoms. The van der Waals surface area contributed by atoms with Crippen LogP contribution in [0.4, 0.5) is 5.69 Å². The number of rotatable bonds is 8. The van der Waals surface area contributed by atoms with E-state index >= 15 is 0 Å². The fraction of sp³-hybridized carbons (Fsp3) is 0.286. The van der Waals surface area contributed by atoms with E-state index in [1.54, 1.807) is 24.5 Å². The molecule has 0 N–H and O–H groups in total. The van der Waals surface area contributed by atoms with Crippen LogP contribution in [0.5, 0.6) is 0 Å². The summed E-state index contributed by atoms with van der Waals surface area (Å²) < 4.78 is 7.22. The molecular weight excluding hydrogens is 404 g/mol. The number of imidazole rings is 1. The number of ether oxygens (including phenoxy) is 1. The van der Waals surface area contributed by atoms with Gasteiger partial charge in [0.05, 0.1) is 17.2 Å². The van der Waals surface area contributed by atoms with Gasteiger partial charge in [0.1, 0.15) is 17.5 Å². The predicted octanol–water partition coefficient (Wildman–Crippen LogP) is 4.57. The molecule has 0 unspecified atom stereocenters. The van der Waals surface area contributed by atoms with Crippen molar-refractivity contribution in [2.75, 3.05) is 0 Å². The highest BCUT2D eigenvalue weighted by Crippen LogP contribution is 2.36. The highest BCUT2D eigenvalue weighted by Gasteiger charge is 2.22. The molecule has 1 aromatic carbocycles. The normalized spacial score (nSPS) is 10.9. The van der Waals surface area contributed by atoms with E-state index in [1.165, 1.54) is 24.8 Å². The SMILES string of the molecule is CC(=O)OCc1nc(C(C)C)c(Sc2cccc([N+](=O)[O-])c2)n1Cc1ccncc1. The van der Waals surface area contributed by atoms with E-state index in [2.05, 4.69) is 4.98 Å². The molecule has 0 fully saturated rings. The Hall–Kier alpha value is -3.20. The van der Waals surface area contributed by atoms with Gasteiger partial charge in [-0.15, -0.1) is 0 Å². The summed E-state index contributed by atoms with van der Waals surface area (Å²) in [5, 5.41) is 12.0. The molecule has 0 saturated carbocycles. The molecule has 30 heavy (non-hydrogen) atoms. The van der Waals surface area contributed by atoms with Gasteiger partial charge in [-0.1, -0.05) is 31.7 Å². The van der Waals surface area contributed by atoms with Crippen molar-refractivity contribution in [2.45, 2.75) is 49.8 Å². The number of aromatic nitrogens is 3. The van der Waals surface area contributed by atoms with Crippen LogP contribution in [0.25, 0.3) is 0 Å². The van der Waals surface area contributed by atoms with Gasteiger partial charge in [-0.2, -0.15) is 0 Å². The van der Waals surface area contributed by atoms with Crippen LogP contribution in [0.3, 0.4) is 0 Å². The lowest BCUT2D eigenvalue weighted by Crippen LogP contribution is -2.10. The van der Waals surface area contributed by atoms with Gasteiger partial charge in [-0.3, -0.25) is 19.9 Å². The Kier molecular flexibility index (Phi) is 6.83. The van der Waals surface area contributed by atoms with Gasteiger partial charge in [0.15, 0.2) is 0 Å². The van der Waals surface area contributed by atoms with E-state index in [1.807, 2.05) is 36.6 Å². The zero-order valence-corrected chi connectivity index (χ0v) is 17.8. The van der Waals surface area contributed by atoms with Gasteiger partial charge in [-0.25, -0.2) is 4.98 Å². The van der Waals surface area contributed by atoms with E-state index in [-0.39, 0.29) is 24.2 Å². The Bertz CT molecular complexity index is 1050. The average Bonchev–Trinajstić information content (AvgIpc) is 3.05. The van der Waals surface area contributed by atoms with Crippen molar-refractivity contribution in [3.8, 4) is 0 Å². The predicted molar refractivity (Wildman–Crippen MR) is 112 cm³/mol. The molecule has 3 rings (SSSR count). The number of carbonyl (C=O) groups is 1. The number of nitro benzene ring substituents is 1. The van der Waals surface area contributed by atoms with Crippen LogP contribution in [-0.4, -0.2) is 25.4 Å². The molecule has 156 valence electrons. The summed E-state index contributed by atoms with van der Waals surface area (Å²) in [6.45, 7) is 5.99. The largest absolute Gasteiger partial charge is 0.458 e. The molecule has 0 bridgehead atoms. The Morgan fingerprint density at radius 1 is 1.27 bits per heavy atom. The van der Waals surface area contributed by atoms with Gasteiger partial charge in [0, 0.05) is 36.3 Å². The van der Waals surface area contributed by atoms with Crippen molar-refractivity contribution in [3.63, 3.8) is 0 Å². The van der Waals surface area contributed by atoms with Crippen molar-refractivity contribution >= 4 is 23.4 Å². The number of carbonyl (C=O) groups excluding carboxylic acids is 1. The fourth-order valence-corrected chi connectivity index (χ4v) is 4.08. The first-order valence-electron chi connectivity index (χ1n) is 9.39. The number of pyridine rings is 1. The third-order valence-corrected chi connectivity index (χ3v) is 5.42. The molecular formula is C21H22N4O4S. The quantitative estimate of drug-likeness (QED) is 0.295. The molecule has 0 saturated heterocycles. The average molecular weight is 426 g/mol. The zero-order valence-electron chi connectivity index (χ0n) is 16.9. The van der Waals surface area contributed by atoms with Crippen LogP contribution in [0.1, 0.15) is 43.8 Å². The van der Waals surface area contributed by atoms with Gasteiger partial charge < -0.3 is 9.30 Å². The molecule has 0 aliphatic carbocycles. The van der Waals surface area contributed by atoms with Crippen LogP contribution in [-0.2, 0) is 22.7 Å². The number of non-ortho nitro benzene ring substituents is 1. The molecule has 9 heteroatoms. The smallest absolute Gasteiger partial charge is 0.303 e. The van der Waals surface area contributed by atoms with E-state index in [0.717, 1.165) is 21.2 Å². The summed E-state index contributed by atoms with van der Waals surface area (Å²) in [6, 6.07) is 10.3. The van der Waals surface area contributed by atoms with E-state index < -0.39 is 4.92 Å². The summed E-state index contributed by atoms with van der Waals surface area (Å²) in [7, 11) is 0. The van der Waals surface area contributed by atoms with Gasteiger partial charge in [0.25, 0.3) is 5.69 Å². The Morgan fingerprint density at radius 2 is 2.00 bits per heavy atom. The number of nitrogens with zero attached hydrogens (tertiary/aromatic N) is 4. The Balaban J connectivity index is 2.06. The maximum absolute atomic E-state index is 11.4. The minimum absolute atomic E-state index is 0.0337. The lowest BCUT2D eigenvalue weighted by atomic mass is 10.1. The zero-order chi connectivity index (χ0) is 21.7. The maximum Gasteiger partial charge on any atom is 0.303 e. The van der Waals surface area contributed by atoms with Crippen LogP contribution < -0.4 is 0 Å². The number of benzene rings is 1. The molecule has 0 aliphatic rings. The molecule has 0 aliphatic heterocycles. The molecule has 8 nitrogen and oxygen atoms in total. The minimum Gasteiger partial charge on any atom is -0.458 e. The topological polar surface area (TPSA) is 100 Å². The van der Waals surface area contributed by atoms with Crippen molar-refractivity contribution in [2.24, 2.45) is 0 Å². The summed E-state index contributed by atoms with van der Waals surface area (Å²) in [4.78, 5) is 31.7. The van der Waals surface area contributed by atoms with Crippen LogP contribution in [0.2, 0.25) is 0 Å². The van der Waals surface area contributed by atoms with E-state index in [4.69, 9.17) is 9.72 Å². The molecule has 0 atom stereocenters. The van der Waals surface area contributed by atoms with E-state index in [0.29, 0.717) is 12.4 Å². The lowest BCUT2D eigenvalue weighted by molar-refractivity contribution is -0.385. The van der Waals surface area contributed by atoms with Crippen molar-refractivity contribution < 1.29 is 14.5 Å². The maximum atomic E-state index is 11.4. The van der Waals surface area contributed by atoms with Crippen LogP contribution in [0.15, 0.2) is 58.7 Å². The summed E-state index contributed by atoms with van der Waals surface area (Å²) in [6.07, 6.45) is 3.43. The van der Waals surface area contributed by atoms with Crippen molar-refractivity contribution in [1.82, 2.24) is 14.5 Å². The second kappa shape index (κ2) is 9.53. The number of hydrogen-bond acceptors (Lipinski definition) is 7. The number of esters is 1. The lowest BCUT2D eigenvalue weighted by Gasteiger charge is -2.13. The Morgan fingerprint density at radius 3 is 2.63 bits per heavy atom. The van der Waals surface area contributed by atoms with Crippen LogP contribution in [0, 0.1) is 10.1 Å². The number of hydrogen-bond donors (Lipinski definition) is 0. The second-order valence-electron chi connectivity index (χ2n) is 6.95. The minimum atomic E-state index is -0.409. The first-order valence-corrected chi connectivity index (χ1v) is 10.2. The molecule has 2 aromatic heterocycles. The summed E-state index contributed by atoms with van der Waals surface area (Å²) >= 11 is 1.41. The highest BCUT2D eigenvalue weighted by molar-refractivity contribution is 7.99. The highest BCUT2D eigenvalue weighted by atomic mass is 32.2. The first-order chi connectivity index (χ1) is 14.3. The molecule has 3 aromatic rings. The number of nitro groups is 1. The summed E-state index contributed by atoms with van der Waals surface area (Å²) in [5.41, 5.74) is 1.90. The molecule has 0 radical (unpaired) electrons.